The summed E-state index contributed by atoms with van der Waals surface area (Å²) in [5.41, 5.74) is 6.52. The lowest BCUT2D eigenvalue weighted by Gasteiger charge is -2.39. The Morgan fingerprint density at radius 1 is 1.00 bits per heavy atom. The summed E-state index contributed by atoms with van der Waals surface area (Å²) in [7, 11) is 0. The van der Waals surface area contributed by atoms with Crippen molar-refractivity contribution < 1.29 is 0 Å². The largest absolute Gasteiger partial charge is 0.396 e. The van der Waals surface area contributed by atoms with Crippen LogP contribution in [0.25, 0.3) is 0 Å². The number of rotatable bonds is 2. The number of piperidine rings is 1. The Labute approximate surface area is 109 Å². The minimum Gasteiger partial charge on any atom is -0.396 e. The molecule has 3 rings (SSSR count). The van der Waals surface area contributed by atoms with Crippen molar-refractivity contribution >= 4 is 5.69 Å². The highest BCUT2D eigenvalue weighted by Crippen LogP contribution is 2.28. The van der Waals surface area contributed by atoms with Crippen molar-refractivity contribution in [2.24, 2.45) is 0 Å². The summed E-state index contributed by atoms with van der Waals surface area (Å²) in [5, 5.41) is 4.35. The molecule has 0 bridgehead atoms. The van der Waals surface area contributed by atoms with Crippen LogP contribution in [0.1, 0.15) is 51.0 Å². The standard InChI is InChI=1S/C14H24N4/c15-12-10-16-18(11-12)14-6-8-17(9-7-14)13-4-2-1-3-5-13/h10-11,13-14H,1-9,15H2. The van der Waals surface area contributed by atoms with E-state index in [1.165, 1.54) is 58.0 Å². The van der Waals surface area contributed by atoms with Gasteiger partial charge in [0.25, 0.3) is 0 Å². The van der Waals surface area contributed by atoms with Gasteiger partial charge in [-0.15, -0.1) is 0 Å². The Kier molecular flexibility index (Phi) is 3.55. The molecule has 1 aliphatic carbocycles. The minimum absolute atomic E-state index is 0.558. The summed E-state index contributed by atoms with van der Waals surface area (Å²) in [6.07, 6.45) is 13.3. The molecule has 2 fully saturated rings. The summed E-state index contributed by atoms with van der Waals surface area (Å²) in [6, 6.07) is 1.42. The third kappa shape index (κ3) is 2.53. The van der Waals surface area contributed by atoms with E-state index < -0.39 is 0 Å². The third-order valence-corrected chi connectivity index (χ3v) is 4.59. The van der Waals surface area contributed by atoms with Crippen molar-refractivity contribution in [3.63, 3.8) is 0 Å². The smallest absolute Gasteiger partial charge is 0.0719 e. The minimum atomic E-state index is 0.558. The second kappa shape index (κ2) is 5.31. The fourth-order valence-electron chi connectivity index (χ4n) is 3.51. The normalized spacial score (nSPS) is 24.4. The topological polar surface area (TPSA) is 47.1 Å². The Morgan fingerprint density at radius 3 is 2.33 bits per heavy atom. The molecule has 100 valence electrons. The molecule has 0 atom stereocenters. The molecule has 2 heterocycles. The molecular weight excluding hydrogens is 224 g/mol. The van der Waals surface area contributed by atoms with Crippen molar-refractivity contribution in [3.8, 4) is 0 Å². The number of aromatic nitrogens is 2. The molecule has 0 spiro atoms. The first kappa shape index (κ1) is 12.0. The Bertz CT molecular complexity index is 373. The lowest BCUT2D eigenvalue weighted by Crippen LogP contribution is -2.42. The van der Waals surface area contributed by atoms with Gasteiger partial charge < -0.3 is 10.6 Å². The van der Waals surface area contributed by atoms with Gasteiger partial charge in [0.1, 0.15) is 0 Å². The van der Waals surface area contributed by atoms with Gasteiger partial charge in [0, 0.05) is 25.3 Å². The molecule has 0 aromatic carbocycles. The molecule has 2 aliphatic rings. The number of nitrogens with two attached hydrogens (primary N) is 1. The number of nitrogen functional groups attached to an aromatic ring is 1. The predicted molar refractivity (Wildman–Crippen MR) is 73.4 cm³/mol. The van der Waals surface area contributed by atoms with E-state index in [0.29, 0.717) is 6.04 Å². The second-order valence-electron chi connectivity index (χ2n) is 5.81. The number of anilines is 1. The maximum atomic E-state index is 5.74. The lowest BCUT2D eigenvalue weighted by atomic mass is 9.92. The van der Waals surface area contributed by atoms with Crippen LogP contribution in [-0.2, 0) is 0 Å². The van der Waals surface area contributed by atoms with Crippen LogP contribution in [0.15, 0.2) is 12.4 Å². The lowest BCUT2D eigenvalue weighted by molar-refractivity contribution is 0.106. The Morgan fingerprint density at radius 2 is 1.72 bits per heavy atom. The van der Waals surface area contributed by atoms with Crippen molar-refractivity contribution in [3.05, 3.63) is 12.4 Å². The van der Waals surface area contributed by atoms with E-state index >= 15 is 0 Å². The molecule has 1 aromatic rings. The van der Waals surface area contributed by atoms with Crippen LogP contribution >= 0.6 is 0 Å². The van der Waals surface area contributed by atoms with E-state index in [2.05, 4.69) is 14.7 Å². The van der Waals surface area contributed by atoms with Crippen LogP contribution in [-0.4, -0.2) is 33.8 Å². The summed E-state index contributed by atoms with van der Waals surface area (Å²) in [5.74, 6) is 0. The molecule has 0 amide bonds. The third-order valence-electron chi connectivity index (χ3n) is 4.59. The molecule has 1 aromatic heterocycles. The first-order chi connectivity index (χ1) is 8.83. The van der Waals surface area contributed by atoms with E-state index in [4.69, 9.17) is 5.73 Å². The summed E-state index contributed by atoms with van der Waals surface area (Å²) in [6.45, 7) is 2.46. The molecular formula is C14H24N4. The maximum Gasteiger partial charge on any atom is 0.0719 e. The zero-order chi connectivity index (χ0) is 12.4. The number of nitrogens with zero attached hydrogens (tertiary/aromatic N) is 3. The fourth-order valence-corrected chi connectivity index (χ4v) is 3.51. The maximum absolute atomic E-state index is 5.74. The molecule has 1 aliphatic heterocycles. The van der Waals surface area contributed by atoms with Crippen LogP contribution in [0.3, 0.4) is 0 Å². The number of likely N-dealkylation sites (tertiary alicyclic amines) is 1. The van der Waals surface area contributed by atoms with Gasteiger partial charge in [0.05, 0.1) is 17.9 Å². The van der Waals surface area contributed by atoms with Gasteiger partial charge >= 0.3 is 0 Å². The first-order valence-electron chi connectivity index (χ1n) is 7.36. The van der Waals surface area contributed by atoms with Crippen LogP contribution in [0.4, 0.5) is 5.69 Å². The number of hydrogen-bond donors (Lipinski definition) is 1. The monoisotopic (exact) mass is 248 g/mol. The quantitative estimate of drug-likeness (QED) is 0.874. The van der Waals surface area contributed by atoms with Gasteiger partial charge in [-0.3, -0.25) is 4.68 Å². The van der Waals surface area contributed by atoms with Crippen molar-refractivity contribution in [1.29, 1.82) is 0 Å². The van der Waals surface area contributed by atoms with Crippen molar-refractivity contribution in [2.75, 3.05) is 18.8 Å². The summed E-state index contributed by atoms with van der Waals surface area (Å²) >= 11 is 0. The first-order valence-corrected chi connectivity index (χ1v) is 7.36. The molecule has 2 N–H and O–H groups in total. The summed E-state index contributed by atoms with van der Waals surface area (Å²) in [4.78, 5) is 2.71. The van der Waals surface area contributed by atoms with Crippen LogP contribution < -0.4 is 5.73 Å². The highest BCUT2D eigenvalue weighted by atomic mass is 15.3. The fraction of sp³-hybridized carbons (Fsp3) is 0.786. The average Bonchev–Trinajstić information content (AvgIpc) is 2.87. The van der Waals surface area contributed by atoms with Crippen LogP contribution in [0.5, 0.6) is 0 Å². The van der Waals surface area contributed by atoms with Gasteiger partial charge in [-0.2, -0.15) is 5.10 Å². The Balaban J connectivity index is 1.54. The van der Waals surface area contributed by atoms with Crippen LogP contribution in [0, 0.1) is 0 Å². The SMILES string of the molecule is Nc1cnn(C2CCN(C3CCCCC3)CC2)c1. The molecule has 0 radical (unpaired) electrons. The molecule has 1 saturated carbocycles. The summed E-state index contributed by atoms with van der Waals surface area (Å²) < 4.78 is 2.06. The van der Waals surface area contributed by atoms with E-state index in [0.717, 1.165) is 11.7 Å². The molecule has 0 unspecified atom stereocenters. The van der Waals surface area contributed by atoms with Gasteiger partial charge in [-0.05, 0) is 25.7 Å². The van der Waals surface area contributed by atoms with Gasteiger partial charge in [-0.1, -0.05) is 19.3 Å². The molecule has 18 heavy (non-hydrogen) atoms. The van der Waals surface area contributed by atoms with Gasteiger partial charge in [0.15, 0.2) is 0 Å². The van der Waals surface area contributed by atoms with Gasteiger partial charge in [0.2, 0.25) is 0 Å². The van der Waals surface area contributed by atoms with Crippen molar-refractivity contribution in [1.82, 2.24) is 14.7 Å². The average molecular weight is 248 g/mol. The molecule has 4 nitrogen and oxygen atoms in total. The molecule has 4 heteroatoms. The van der Waals surface area contributed by atoms with E-state index in [1.54, 1.807) is 6.20 Å². The highest BCUT2D eigenvalue weighted by molar-refractivity contribution is 5.30. The van der Waals surface area contributed by atoms with E-state index in [9.17, 15) is 0 Å². The molecule has 1 saturated heterocycles. The van der Waals surface area contributed by atoms with Crippen LogP contribution in [0.2, 0.25) is 0 Å². The van der Waals surface area contributed by atoms with E-state index in [1.807, 2.05) is 6.20 Å². The second-order valence-corrected chi connectivity index (χ2v) is 5.81. The van der Waals surface area contributed by atoms with Gasteiger partial charge in [-0.25, -0.2) is 0 Å². The zero-order valence-electron chi connectivity index (χ0n) is 11.1. The zero-order valence-corrected chi connectivity index (χ0v) is 11.1. The predicted octanol–water partition coefficient (Wildman–Crippen LogP) is 2.43. The Hall–Kier alpha value is -1.03. The number of hydrogen-bond acceptors (Lipinski definition) is 3. The van der Waals surface area contributed by atoms with E-state index in [-0.39, 0.29) is 0 Å². The highest BCUT2D eigenvalue weighted by Gasteiger charge is 2.26. The van der Waals surface area contributed by atoms with Crippen molar-refractivity contribution in [2.45, 2.75) is 57.0 Å².